The molecule has 0 saturated carbocycles. The minimum atomic E-state index is -0.379. The van der Waals surface area contributed by atoms with E-state index in [4.69, 9.17) is 0 Å². The summed E-state index contributed by atoms with van der Waals surface area (Å²) in [4.78, 5) is 10.8. The molecule has 5 heteroatoms. The minimum absolute atomic E-state index is 0.0631. The fourth-order valence-corrected chi connectivity index (χ4v) is 2.61. The Labute approximate surface area is 132 Å². The molecule has 2 aromatic carbocycles. The number of nitro groups is 1. The topological polar surface area (TPSA) is 55.2 Å². The third kappa shape index (κ3) is 3.42. The van der Waals surface area contributed by atoms with Crippen molar-refractivity contribution < 1.29 is 4.92 Å². The lowest BCUT2D eigenvalue weighted by Crippen LogP contribution is -2.14. The van der Waals surface area contributed by atoms with E-state index >= 15 is 0 Å². The summed E-state index contributed by atoms with van der Waals surface area (Å²) in [6.07, 6.45) is 0. The van der Waals surface area contributed by atoms with Gasteiger partial charge in [-0.25, -0.2) is 0 Å². The van der Waals surface area contributed by atoms with E-state index in [1.807, 2.05) is 18.2 Å². The molecule has 0 heterocycles. The number of nitrogens with zero attached hydrogens (tertiary/aromatic N) is 1. The van der Waals surface area contributed by atoms with E-state index in [1.165, 1.54) is 6.07 Å². The van der Waals surface area contributed by atoms with Crippen LogP contribution < -0.4 is 5.32 Å². The van der Waals surface area contributed by atoms with Crippen molar-refractivity contribution >= 4 is 33.0 Å². The first-order valence-electron chi connectivity index (χ1n) is 6.60. The second-order valence-electron chi connectivity index (χ2n) is 5.81. The summed E-state index contributed by atoms with van der Waals surface area (Å²) in [6, 6.07) is 12.6. The number of para-hydroxylation sites is 3. The van der Waals surface area contributed by atoms with Crippen LogP contribution in [0, 0.1) is 10.1 Å². The van der Waals surface area contributed by atoms with Gasteiger partial charge in [-0.1, -0.05) is 45.0 Å². The molecule has 2 rings (SSSR count). The number of anilines is 2. The van der Waals surface area contributed by atoms with Gasteiger partial charge in [0, 0.05) is 10.5 Å². The number of halogens is 1. The van der Waals surface area contributed by atoms with Gasteiger partial charge in [0.1, 0.15) is 5.69 Å². The average Bonchev–Trinajstić information content (AvgIpc) is 2.40. The van der Waals surface area contributed by atoms with E-state index < -0.39 is 0 Å². The van der Waals surface area contributed by atoms with Gasteiger partial charge < -0.3 is 5.32 Å². The van der Waals surface area contributed by atoms with Crippen LogP contribution in [0.4, 0.5) is 17.1 Å². The molecule has 2 aromatic rings. The first kappa shape index (κ1) is 15.5. The predicted octanol–water partition coefficient (Wildman–Crippen LogP) is 5.40. The van der Waals surface area contributed by atoms with Crippen LogP contribution in [0.5, 0.6) is 0 Å². The fraction of sp³-hybridized carbons (Fsp3) is 0.250. The Morgan fingerprint density at radius 2 is 1.76 bits per heavy atom. The number of nitro benzene ring substituents is 1. The van der Waals surface area contributed by atoms with Crippen molar-refractivity contribution in [1.29, 1.82) is 0 Å². The summed E-state index contributed by atoms with van der Waals surface area (Å²) in [5.41, 5.74) is 2.43. The maximum absolute atomic E-state index is 11.1. The highest BCUT2D eigenvalue weighted by atomic mass is 79.9. The smallest absolute Gasteiger partial charge is 0.292 e. The fourth-order valence-electron chi connectivity index (χ4n) is 2.15. The molecule has 21 heavy (non-hydrogen) atoms. The van der Waals surface area contributed by atoms with E-state index in [1.54, 1.807) is 18.2 Å². The average molecular weight is 349 g/mol. The van der Waals surface area contributed by atoms with Gasteiger partial charge in [-0.2, -0.15) is 0 Å². The van der Waals surface area contributed by atoms with E-state index in [0.717, 1.165) is 15.7 Å². The first-order valence-corrected chi connectivity index (χ1v) is 7.39. The zero-order valence-electron chi connectivity index (χ0n) is 12.2. The Morgan fingerprint density at radius 1 is 1.10 bits per heavy atom. The molecule has 0 spiro atoms. The summed E-state index contributed by atoms with van der Waals surface area (Å²) in [7, 11) is 0. The van der Waals surface area contributed by atoms with Crippen molar-refractivity contribution in [3.05, 3.63) is 62.6 Å². The van der Waals surface area contributed by atoms with Crippen molar-refractivity contribution in [2.45, 2.75) is 26.2 Å². The lowest BCUT2D eigenvalue weighted by atomic mass is 9.86. The van der Waals surface area contributed by atoms with Crippen molar-refractivity contribution in [3.63, 3.8) is 0 Å². The Morgan fingerprint density at radius 3 is 2.38 bits per heavy atom. The van der Waals surface area contributed by atoms with E-state index in [2.05, 4.69) is 42.0 Å². The Hall–Kier alpha value is -1.88. The molecule has 0 radical (unpaired) electrons. The molecule has 0 amide bonds. The standard InChI is InChI=1S/C16H17BrN2O2/c1-16(2,3)11-7-6-8-12(17)15(11)18-13-9-4-5-10-14(13)19(20)21/h4-10,18H,1-3H3. The number of hydrogen-bond acceptors (Lipinski definition) is 3. The van der Waals surface area contributed by atoms with Crippen LogP contribution in [0.2, 0.25) is 0 Å². The summed E-state index contributed by atoms with van der Waals surface area (Å²) < 4.78 is 0.882. The molecule has 0 aromatic heterocycles. The lowest BCUT2D eigenvalue weighted by Gasteiger charge is -2.24. The zero-order valence-corrected chi connectivity index (χ0v) is 13.8. The van der Waals surface area contributed by atoms with Crippen LogP contribution in [0.3, 0.4) is 0 Å². The van der Waals surface area contributed by atoms with Gasteiger partial charge in [0.2, 0.25) is 0 Å². The molecule has 0 unspecified atom stereocenters. The molecule has 4 nitrogen and oxygen atoms in total. The van der Waals surface area contributed by atoms with Crippen molar-refractivity contribution in [3.8, 4) is 0 Å². The molecule has 110 valence electrons. The molecular formula is C16H17BrN2O2. The van der Waals surface area contributed by atoms with Gasteiger partial charge in [0.25, 0.3) is 5.69 Å². The number of benzene rings is 2. The van der Waals surface area contributed by atoms with Crippen LogP contribution in [-0.2, 0) is 5.41 Å². The van der Waals surface area contributed by atoms with E-state index in [-0.39, 0.29) is 16.0 Å². The van der Waals surface area contributed by atoms with Crippen molar-refractivity contribution in [2.24, 2.45) is 0 Å². The minimum Gasteiger partial charge on any atom is -0.349 e. The van der Waals surface area contributed by atoms with E-state index in [9.17, 15) is 10.1 Å². The predicted molar refractivity (Wildman–Crippen MR) is 89.2 cm³/mol. The highest BCUT2D eigenvalue weighted by molar-refractivity contribution is 9.10. The van der Waals surface area contributed by atoms with Gasteiger partial charge >= 0.3 is 0 Å². The monoisotopic (exact) mass is 348 g/mol. The normalized spacial score (nSPS) is 11.2. The maximum atomic E-state index is 11.1. The van der Waals surface area contributed by atoms with Gasteiger partial charge in [-0.3, -0.25) is 10.1 Å². The summed E-state index contributed by atoms with van der Waals surface area (Å²) in [5, 5.41) is 14.3. The number of nitrogens with one attached hydrogen (secondary N) is 1. The lowest BCUT2D eigenvalue weighted by molar-refractivity contribution is -0.383. The highest BCUT2D eigenvalue weighted by Crippen LogP contribution is 2.38. The van der Waals surface area contributed by atoms with Crippen LogP contribution in [0.15, 0.2) is 46.9 Å². The highest BCUT2D eigenvalue weighted by Gasteiger charge is 2.21. The zero-order chi connectivity index (χ0) is 15.6. The Balaban J connectivity index is 2.53. The van der Waals surface area contributed by atoms with Gasteiger partial charge in [-0.05, 0) is 39.0 Å². The molecule has 0 bridgehead atoms. The third-order valence-corrected chi connectivity index (χ3v) is 3.84. The number of rotatable bonds is 3. The van der Waals surface area contributed by atoms with Gasteiger partial charge in [0.05, 0.1) is 10.6 Å². The third-order valence-electron chi connectivity index (χ3n) is 3.18. The molecule has 0 atom stereocenters. The SMILES string of the molecule is CC(C)(C)c1cccc(Br)c1Nc1ccccc1[N+](=O)[O-]. The van der Waals surface area contributed by atoms with Gasteiger partial charge in [0.15, 0.2) is 0 Å². The van der Waals surface area contributed by atoms with Crippen LogP contribution in [-0.4, -0.2) is 4.92 Å². The molecule has 0 saturated heterocycles. The summed E-state index contributed by atoms with van der Waals surface area (Å²) >= 11 is 3.53. The second-order valence-corrected chi connectivity index (χ2v) is 6.67. The quantitative estimate of drug-likeness (QED) is 0.596. The van der Waals surface area contributed by atoms with Crippen LogP contribution in [0.25, 0.3) is 0 Å². The molecular weight excluding hydrogens is 332 g/mol. The second kappa shape index (κ2) is 5.85. The van der Waals surface area contributed by atoms with E-state index in [0.29, 0.717) is 5.69 Å². The molecule has 0 aliphatic heterocycles. The maximum Gasteiger partial charge on any atom is 0.292 e. The summed E-state index contributed by atoms with van der Waals surface area (Å²) in [6.45, 7) is 6.33. The van der Waals surface area contributed by atoms with Gasteiger partial charge in [-0.15, -0.1) is 0 Å². The molecule has 0 aliphatic carbocycles. The molecule has 1 N–H and O–H groups in total. The van der Waals surface area contributed by atoms with Crippen LogP contribution in [0.1, 0.15) is 26.3 Å². The molecule has 0 aliphatic rings. The summed E-state index contributed by atoms with van der Waals surface area (Å²) in [5.74, 6) is 0. The van der Waals surface area contributed by atoms with Crippen molar-refractivity contribution in [2.75, 3.05) is 5.32 Å². The number of hydrogen-bond donors (Lipinski definition) is 1. The van der Waals surface area contributed by atoms with Crippen molar-refractivity contribution in [1.82, 2.24) is 0 Å². The molecule has 0 fully saturated rings. The Kier molecular flexibility index (Phi) is 4.32. The van der Waals surface area contributed by atoms with Crippen LogP contribution >= 0.6 is 15.9 Å². The Bertz CT molecular complexity index is 678. The largest absolute Gasteiger partial charge is 0.349 e. The first-order chi connectivity index (χ1) is 9.80.